The third kappa shape index (κ3) is 4.30. The molecule has 2 N–H and O–H groups in total. The molecule has 172 valence electrons. The Kier molecular flexibility index (Phi) is 6.25. The number of likely N-dealkylation sites (tertiary alicyclic amines) is 1. The summed E-state index contributed by atoms with van der Waals surface area (Å²) in [5, 5.41) is 11.8. The predicted octanol–water partition coefficient (Wildman–Crippen LogP) is 3.48. The maximum absolute atomic E-state index is 12.4. The van der Waals surface area contributed by atoms with Gasteiger partial charge in [-0.05, 0) is 63.7 Å². The van der Waals surface area contributed by atoms with E-state index in [1.54, 1.807) is 6.20 Å². The number of H-pyrrole nitrogens is 1. The van der Waals surface area contributed by atoms with Crippen LogP contribution in [-0.2, 0) is 4.74 Å². The topological polar surface area (TPSA) is 100 Å². The SMILES string of the molecule is CC[C@@H]1C[C@H](OC(=O)NCCCN2CCCCC2)C[C@@H]1c1nnc2cnc3[nH]ccc3n12. The molecule has 3 atom stereocenters. The van der Waals surface area contributed by atoms with Gasteiger partial charge in [0.05, 0.1) is 11.7 Å². The lowest BCUT2D eigenvalue weighted by Crippen LogP contribution is -2.34. The lowest BCUT2D eigenvalue weighted by atomic mass is 9.93. The molecule has 9 heteroatoms. The molecule has 0 bridgehead atoms. The van der Waals surface area contributed by atoms with Crippen LogP contribution < -0.4 is 5.32 Å². The summed E-state index contributed by atoms with van der Waals surface area (Å²) in [6.45, 7) is 6.28. The van der Waals surface area contributed by atoms with Crippen LogP contribution in [0.15, 0.2) is 18.5 Å². The van der Waals surface area contributed by atoms with Crippen molar-refractivity contribution in [2.75, 3.05) is 26.2 Å². The number of hydrogen-bond acceptors (Lipinski definition) is 6. The third-order valence-electron chi connectivity index (χ3n) is 7.12. The van der Waals surface area contributed by atoms with Crippen LogP contribution in [-0.4, -0.2) is 67.8 Å². The Bertz CT molecular complexity index is 1060. The van der Waals surface area contributed by atoms with Crippen molar-refractivity contribution in [3.05, 3.63) is 24.3 Å². The Morgan fingerprint density at radius 1 is 1.25 bits per heavy atom. The molecule has 5 rings (SSSR count). The molecule has 32 heavy (non-hydrogen) atoms. The molecule has 9 nitrogen and oxygen atoms in total. The Morgan fingerprint density at radius 2 is 2.12 bits per heavy atom. The molecule has 1 aliphatic carbocycles. The van der Waals surface area contributed by atoms with Gasteiger partial charge in [0.2, 0.25) is 0 Å². The van der Waals surface area contributed by atoms with Gasteiger partial charge in [0.1, 0.15) is 11.9 Å². The van der Waals surface area contributed by atoms with E-state index < -0.39 is 0 Å². The first kappa shape index (κ1) is 21.2. The number of fused-ring (bicyclic) bond motifs is 3. The van der Waals surface area contributed by atoms with Crippen molar-refractivity contribution in [2.24, 2.45) is 5.92 Å². The number of carbonyl (C=O) groups excluding carboxylic acids is 1. The molecular weight excluding hydrogens is 406 g/mol. The molecule has 1 saturated heterocycles. The Labute approximate surface area is 187 Å². The molecule has 3 aromatic heterocycles. The quantitative estimate of drug-likeness (QED) is 0.547. The molecule has 1 aliphatic heterocycles. The first-order chi connectivity index (χ1) is 15.7. The van der Waals surface area contributed by atoms with Crippen LogP contribution in [0.1, 0.15) is 63.6 Å². The summed E-state index contributed by atoms with van der Waals surface area (Å²) >= 11 is 0. The van der Waals surface area contributed by atoms with Crippen LogP contribution in [0, 0.1) is 5.92 Å². The van der Waals surface area contributed by atoms with Crippen LogP contribution in [0.3, 0.4) is 0 Å². The van der Waals surface area contributed by atoms with Gasteiger partial charge in [-0.15, -0.1) is 10.2 Å². The molecule has 4 heterocycles. The average molecular weight is 440 g/mol. The lowest BCUT2D eigenvalue weighted by Gasteiger charge is -2.26. The van der Waals surface area contributed by atoms with Gasteiger partial charge < -0.3 is 19.9 Å². The summed E-state index contributed by atoms with van der Waals surface area (Å²) in [6, 6.07) is 2.00. The fraction of sp³-hybridized carbons (Fsp3) is 0.652. The van der Waals surface area contributed by atoms with E-state index in [2.05, 4.69) is 41.7 Å². The van der Waals surface area contributed by atoms with E-state index in [1.807, 2.05) is 12.3 Å². The van der Waals surface area contributed by atoms with Crippen LogP contribution >= 0.6 is 0 Å². The highest BCUT2D eigenvalue weighted by Gasteiger charge is 2.39. The van der Waals surface area contributed by atoms with Crippen LogP contribution in [0.25, 0.3) is 16.8 Å². The molecule has 1 saturated carbocycles. The minimum atomic E-state index is -0.299. The Balaban J connectivity index is 1.18. The van der Waals surface area contributed by atoms with Gasteiger partial charge in [0.15, 0.2) is 11.3 Å². The van der Waals surface area contributed by atoms with Gasteiger partial charge in [-0.25, -0.2) is 9.78 Å². The number of amides is 1. The summed E-state index contributed by atoms with van der Waals surface area (Å²) in [5.41, 5.74) is 2.55. The normalized spacial score (nSPS) is 24.3. The van der Waals surface area contributed by atoms with E-state index in [9.17, 15) is 4.79 Å². The minimum Gasteiger partial charge on any atom is -0.446 e. The second kappa shape index (κ2) is 9.44. The standard InChI is InChI=1S/C23H33N7O2/c1-2-16-13-17(32-23(31)25-8-6-12-29-10-4-3-5-11-29)14-18(16)22-28-27-20-15-26-21-19(30(20)22)7-9-24-21/h7,9,15-18,24H,2-6,8,10-14H2,1H3,(H,25,31)/t16-,17+,18+/m1/s1. The largest absolute Gasteiger partial charge is 0.446 e. The number of hydrogen-bond donors (Lipinski definition) is 2. The number of nitrogens with zero attached hydrogens (tertiary/aromatic N) is 5. The van der Waals surface area contributed by atoms with E-state index in [1.165, 1.54) is 32.4 Å². The Hall–Kier alpha value is -2.68. The molecule has 2 aliphatic rings. The Morgan fingerprint density at radius 3 is 2.97 bits per heavy atom. The van der Waals surface area contributed by atoms with Crippen molar-refractivity contribution in [2.45, 2.75) is 63.9 Å². The zero-order valence-corrected chi connectivity index (χ0v) is 18.8. The zero-order chi connectivity index (χ0) is 21.9. The highest BCUT2D eigenvalue weighted by molar-refractivity contribution is 5.74. The maximum atomic E-state index is 12.4. The number of aromatic nitrogens is 5. The van der Waals surface area contributed by atoms with E-state index in [0.717, 1.165) is 54.9 Å². The lowest BCUT2D eigenvalue weighted by molar-refractivity contribution is 0.0977. The number of nitrogens with one attached hydrogen (secondary N) is 2. The van der Waals surface area contributed by atoms with Crippen LogP contribution in [0.4, 0.5) is 4.79 Å². The van der Waals surface area contributed by atoms with Crippen LogP contribution in [0.2, 0.25) is 0 Å². The zero-order valence-electron chi connectivity index (χ0n) is 18.8. The molecule has 0 unspecified atom stereocenters. The second-order valence-electron chi connectivity index (χ2n) is 9.18. The highest BCUT2D eigenvalue weighted by atomic mass is 16.6. The van der Waals surface area contributed by atoms with Crippen LogP contribution in [0.5, 0.6) is 0 Å². The molecule has 3 aromatic rings. The fourth-order valence-electron chi connectivity index (χ4n) is 5.44. The van der Waals surface area contributed by atoms with Crippen molar-refractivity contribution in [1.29, 1.82) is 0 Å². The van der Waals surface area contributed by atoms with Crippen molar-refractivity contribution >= 4 is 22.9 Å². The van der Waals surface area contributed by atoms with Gasteiger partial charge in [-0.1, -0.05) is 19.8 Å². The van der Waals surface area contributed by atoms with Gasteiger partial charge in [-0.3, -0.25) is 4.40 Å². The summed E-state index contributed by atoms with van der Waals surface area (Å²) in [5.74, 6) is 1.54. The summed E-state index contributed by atoms with van der Waals surface area (Å²) < 4.78 is 7.90. The maximum Gasteiger partial charge on any atom is 0.407 e. The molecule has 0 aromatic carbocycles. The third-order valence-corrected chi connectivity index (χ3v) is 7.12. The van der Waals surface area contributed by atoms with Gasteiger partial charge in [0.25, 0.3) is 0 Å². The van der Waals surface area contributed by atoms with E-state index in [-0.39, 0.29) is 18.1 Å². The van der Waals surface area contributed by atoms with E-state index >= 15 is 0 Å². The number of ether oxygens (including phenoxy) is 1. The molecule has 2 fully saturated rings. The number of piperidine rings is 1. The minimum absolute atomic E-state index is 0.0945. The first-order valence-corrected chi connectivity index (χ1v) is 12.1. The number of aromatic amines is 1. The number of carbonyl (C=O) groups is 1. The molecule has 0 spiro atoms. The summed E-state index contributed by atoms with van der Waals surface area (Å²) in [7, 11) is 0. The number of rotatable bonds is 7. The average Bonchev–Trinajstić information content (AvgIpc) is 3.54. The molecule has 1 amide bonds. The van der Waals surface area contributed by atoms with Crippen molar-refractivity contribution in [1.82, 2.24) is 34.8 Å². The van der Waals surface area contributed by atoms with Gasteiger partial charge in [0, 0.05) is 18.7 Å². The highest BCUT2D eigenvalue weighted by Crippen LogP contribution is 2.42. The van der Waals surface area contributed by atoms with Gasteiger partial charge >= 0.3 is 6.09 Å². The number of alkyl carbamates (subject to hydrolysis) is 1. The molecule has 0 radical (unpaired) electrons. The predicted molar refractivity (Wildman–Crippen MR) is 122 cm³/mol. The fourth-order valence-corrected chi connectivity index (χ4v) is 5.44. The van der Waals surface area contributed by atoms with Gasteiger partial charge in [-0.2, -0.15) is 0 Å². The van der Waals surface area contributed by atoms with Crippen molar-refractivity contribution in [3.8, 4) is 0 Å². The second-order valence-corrected chi connectivity index (χ2v) is 9.18. The van der Waals surface area contributed by atoms with Crippen molar-refractivity contribution in [3.63, 3.8) is 0 Å². The van der Waals surface area contributed by atoms with Crippen molar-refractivity contribution < 1.29 is 9.53 Å². The summed E-state index contributed by atoms with van der Waals surface area (Å²) in [4.78, 5) is 22.5. The summed E-state index contributed by atoms with van der Waals surface area (Å²) in [6.07, 6.45) is 10.8. The molecular formula is C23H33N7O2. The monoisotopic (exact) mass is 439 g/mol. The smallest absolute Gasteiger partial charge is 0.407 e. The first-order valence-electron chi connectivity index (χ1n) is 12.1. The van der Waals surface area contributed by atoms with E-state index in [0.29, 0.717) is 12.5 Å². The van der Waals surface area contributed by atoms with E-state index in [4.69, 9.17) is 4.74 Å².